The third-order valence-electron chi connectivity index (χ3n) is 3.87. The molecule has 0 aliphatic heterocycles. The molecule has 1 aromatic rings. The average molecular weight is 435 g/mol. The number of rotatable bonds is 5. The number of carbonyl (C=O) groups excluding carboxylic acids is 2. The predicted molar refractivity (Wildman–Crippen MR) is 96.1 cm³/mol. The largest absolute Gasteiger partial charge is 0.354 e. The van der Waals surface area contributed by atoms with E-state index in [1.807, 2.05) is 0 Å². The van der Waals surface area contributed by atoms with Crippen molar-refractivity contribution in [3.05, 3.63) is 32.4 Å². The van der Waals surface area contributed by atoms with Crippen LogP contribution in [0.1, 0.15) is 42.5 Å². The Balaban J connectivity index is 1.70. The molecule has 0 unspecified atom stereocenters. The van der Waals surface area contributed by atoms with E-state index in [1.165, 1.54) is 6.42 Å². The van der Waals surface area contributed by atoms with E-state index in [9.17, 15) is 9.59 Å². The van der Waals surface area contributed by atoms with E-state index in [4.69, 9.17) is 11.6 Å². The Bertz CT molecular complexity index is 545. The van der Waals surface area contributed by atoms with Gasteiger partial charge in [0.2, 0.25) is 5.91 Å². The van der Waals surface area contributed by atoms with Crippen LogP contribution in [0.25, 0.3) is 0 Å². The molecule has 0 heterocycles. The maximum absolute atomic E-state index is 12.0. The molecule has 1 aliphatic rings. The molecule has 0 atom stereocenters. The maximum atomic E-state index is 12.0. The van der Waals surface area contributed by atoms with Gasteiger partial charge in [0.15, 0.2) is 0 Å². The summed E-state index contributed by atoms with van der Waals surface area (Å²) >= 11 is 8.03. The van der Waals surface area contributed by atoms with Crippen LogP contribution < -0.4 is 10.6 Å². The zero-order valence-corrected chi connectivity index (χ0v) is 15.2. The van der Waals surface area contributed by atoms with Crippen molar-refractivity contribution in [2.45, 2.75) is 32.1 Å². The minimum atomic E-state index is -0.151. The molecule has 2 amide bonds. The molecular formula is C16H20ClIN2O2. The van der Waals surface area contributed by atoms with Gasteiger partial charge in [-0.05, 0) is 53.6 Å². The van der Waals surface area contributed by atoms with Crippen LogP contribution in [0.5, 0.6) is 0 Å². The standard InChI is InChI=1S/C16H20ClIN2O2/c17-13-7-6-12(10-14(13)18)16(22)20-9-8-19-15(21)11-4-2-1-3-5-11/h6-7,10-11H,1-5,8-9H2,(H,19,21)(H,20,22). The number of benzene rings is 1. The first-order valence-electron chi connectivity index (χ1n) is 7.59. The van der Waals surface area contributed by atoms with E-state index in [0.717, 1.165) is 29.3 Å². The highest BCUT2D eigenvalue weighted by molar-refractivity contribution is 14.1. The lowest BCUT2D eigenvalue weighted by molar-refractivity contribution is -0.125. The molecule has 6 heteroatoms. The van der Waals surface area contributed by atoms with E-state index in [1.54, 1.807) is 18.2 Å². The number of hydrogen-bond acceptors (Lipinski definition) is 2. The fraction of sp³-hybridized carbons (Fsp3) is 0.500. The lowest BCUT2D eigenvalue weighted by Crippen LogP contribution is -2.38. The Labute approximate surface area is 149 Å². The molecule has 120 valence electrons. The number of carbonyl (C=O) groups is 2. The van der Waals surface area contributed by atoms with E-state index < -0.39 is 0 Å². The minimum Gasteiger partial charge on any atom is -0.354 e. The SMILES string of the molecule is O=C(NCCNC(=O)C1CCCCC1)c1ccc(Cl)c(I)c1. The Hall–Kier alpha value is -0.820. The first-order chi connectivity index (χ1) is 10.6. The average Bonchev–Trinajstić information content (AvgIpc) is 2.54. The second-order valence-electron chi connectivity index (χ2n) is 5.51. The second-order valence-corrected chi connectivity index (χ2v) is 7.08. The zero-order valence-electron chi connectivity index (χ0n) is 12.3. The Morgan fingerprint density at radius 2 is 1.82 bits per heavy atom. The molecule has 1 fully saturated rings. The fourth-order valence-electron chi connectivity index (χ4n) is 2.61. The lowest BCUT2D eigenvalue weighted by Gasteiger charge is -2.20. The Morgan fingerprint density at radius 3 is 2.50 bits per heavy atom. The van der Waals surface area contributed by atoms with Gasteiger partial charge < -0.3 is 10.6 Å². The molecule has 0 saturated heterocycles. The van der Waals surface area contributed by atoms with Gasteiger partial charge in [0, 0.05) is 28.1 Å². The highest BCUT2D eigenvalue weighted by Gasteiger charge is 2.20. The third kappa shape index (κ3) is 5.12. The van der Waals surface area contributed by atoms with Crippen molar-refractivity contribution in [1.82, 2.24) is 10.6 Å². The summed E-state index contributed by atoms with van der Waals surface area (Å²) in [5.74, 6) is 0.124. The van der Waals surface area contributed by atoms with Gasteiger partial charge in [0.05, 0.1) is 5.02 Å². The van der Waals surface area contributed by atoms with Crippen molar-refractivity contribution in [2.24, 2.45) is 5.92 Å². The molecule has 2 rings (SSSR count). The Kier molecular flexibility index (Phi) is 6.95. The summed E-state index contributed by atoms with van der Waals surface area (Å²) in [6.45, 7) is 0.891. The molecule has 0 bridgehead atoms. The van der Waals surface area contributed by atoms with Crippen LogP contribution in [0.2, 0.25) is 5.02 Å². The summed E-state index contributed by atoms with van der Waals surface area (Å²) in [6, 6.07) is 5.16. The highest BCUT2D eigenvalue weighted by Crippen LogP contribution is 2.23. The van der Waals surface area contributed by atoms with Crippen molar-refractivity contribution < 1.29 is 9.59 Å². The molecule has 0 radical (unpaired) electrons. The predicted octanol–water partition coefficient (Wildman–Crippen LogP) is 3.37. The van der Waals surface area contributed by atoms with Gasteiger partial charge in [-0.1, -0.05) is 30.9 Å². The smallest absolute Gasteiger partial charge is 0.251 e. The van der Waals surface area contributed by atoms with Crippen molar-refractivity contribution in [3.8, 4) is 0 Å². The highest BCUT2D eigenvalue weighted by atomic mass is 127. The van der Waals surface area contributed by atoms with Crippen molar-refractivity contribution in [3.63, 3.8) is 0 Å². The molecule has 0 spiro atoms. The van der Waals surface area contributed by atoms with E-state index in [-0.39, 0.29) is 17.7 Å². The van der Waals surface area contributed by atoms with Crippen LogP contribution in [0.3, 0.4) is 0 Å². The first-order valence-corrected chi connectivity index (χ1v) is 9.04. The zero-order chi connectivity index (χ0) is 15.9. The molecule has 4 nitrogen and oxygen atoms in total. The molecule has 1 aromatic carbocycles. The van der Waals surface area contributed by atoms with Crippen molar-refractivity contribution >= 4 is 46.0 Å². The van der Waals surface area contributed by atoms with Crippen molar-refractivity contribution in [2.75, 3.05) is 13.1 Å². The van der Waals surface area contributed by atoms with Gasteiger partial charge in [-0.2, -0.15) is 0 Å². The summed E-state index contributed by atoms with van der Waals surface area (Å²) in [6.07, 6.45) is 5.50. The maximum Gasteiger partial charge on any atom is 0.251 e. The van der Waals surface area contributed by atoms with Crippen LogP contribution in [-0.4, -0.2) is 24.9 Å². The van der Waals surface area contributed by atoms with E-state index in [2.05, 4.69) is 33.2 Å². The van der Waals surface area contributed by atoms with Crippen LogP contribution in [0, 0.1) is 9.49 Å². The topological polar surface area (TPSA) is 58.2 Å². The van der Waals surface area contributed by atoms with Gasteiger partial charge in [-0.3, -0.25) is 9.59 Å². The molecule has 0 aromatic heterocycles. The second kappa shape index (κ2) is 8.72. The lowest BCUT2D eigenvalue weighted by atomic mass is 9.89. The summed E-state index contributed by atoms with van der Waals surface area (Å²) in [4.78, 5) is 23.9. The number of amides is 2. The summed E-state index contributed by atoms with van der Waals surface area (Å²) in [7, 11) is 0. The van der Waals surface area contributed by atoms with Gasteiger partial charge in [-0.15, -0.1) is 0 Å². The summed E-state index contributed by atoms with van der Waals surface area (Å²) in [5, 5.41) is 6.34. The first kappa shape index (κ1) is 17.5. The monoisotopic (exact) mass is 434 g/mol. The van der Waals surface area contributed by atoms with Gasteiger partial charge >= 0.3 is 0 Å². The molecule has 22 heavy (non-hydrogen) atoms. The summed E-state index contributed by atoms with van der Waals surface area (Å²) < 4.78 is 0.845. The minimum absolute atomic E-state index is 0.120. The molecule has 1 saturated carbocycles. The van der Waals surface area contributed by atoms with E-state index in [0.29, 0.717) is 23.7 Å². The molecule has 1 aliphatic carbocycles. The summed E-state index contributed by atoms with van der Waals surface area (Å²) in [5.41, 5.74) is 0.576. The molecular weight excluding hydrogens is 415 g/mol. The normalized spacial score (nSPS) is 15.4. The third-order valence-corrected chi connectivity index (χ3v) is 5.41. The number of hydrogen-bond donors (Lipinski definition) is 2. The number of nitrogens with one attached hydrogen (secondary N) is 2. The van der Waals surface area contributed by atoms with Gasteiger partial charge in [0.25, 0.3) is 5.91 Å². The van der Waals surface area contributed by atoms with Crippen molar-refractivity contribution in [1.29, 1.82) is 0 Å². The van der Waals surface area contributed by atoms with Crippen LogP contribution in [-0.2, 0) is 4.79 Å². The van der Waals surface area contributed by atoms with Crippen LogP contribution >= 0.6 is 34.2 Å². The van der Waals surface area contributed by atoms with E-state index >= 15 is 0 Å². The van der Waals surface area contributed by atoms with Gasteiger partial charge in [0.1, 0.15) is 0 Å². The van der Waals surface area contributed by atoms with Crippen LogP contribution in [0.4, 0.5) is 0 Å². The molecule has 2 N–H and O–H groups in total. The fourth-order valence-corrected chi connectivity index (χ4v) is 3.24. The van der Waals surface area contributed by atoms with Crippen LogP contribution in [0.15, 0.2) is 18.2 Å². The Morgan fingerprint density at radius 1 is 1.14 bits per heavy atom. The number of halogens is 2. The van der Waals surface area contributed by atoms with Gasteiger partial charge in [-0.25, -0.2) is 0 Å². The quantitative estimate of drug-likeness (QED) is 0.551.